The number of benzene rings is 1. The number of amides is 1. The molecule has 1 amide bonds. The summed E-state index contributed by atoms with van der Waals surface area (Å²) in [7, 11) is 0. The summed E-state index contributed by atoms with van der Waals surface area (Å²) in [5.41, 5.74) is 2.66. The lowest BCUT2D eigenvalue weighted by Crippen LogP contribution is -2.43. The molecule has 4 heteroatoms. The van der Waals surface area contributed by atoms with E-state index in [1.165, 1.54) is 5.56 Å². The zero-order valence-corrected chi connectivity index (χ0v) is 13.5. The number of carboxylic acids is 1. The molecule has 124 valence electrons. The molecular weight excluding hydrogens is 290 g/mol. The summed E-state index contributed by atoms with van der Waals surface area (Å²) < 4.78 is 0. The molecule has 0 aliphatic carbocycles. The fourth-order valence-corrected chi connectivity index (χ4v) is 2.98. The number of aryl methyl sites for hydroxylation is 1. The maximum atomic E-state index is 12.1. The third-order valence-electron chi connectivity index (χ3n) is 4.39. The van der Waals surface area contributed by atoms with E-state index < -0.39 is 12.0 Å². The Morgan fingerprint density at radius 3 is 2.35 bits per heavy atom. The van der Waals surface area contributed by atoms with Crippen molar-refractivity contribution in [3.05, 3.63) is 47.5 Å². The SMILES string of the molecule is C=C1CCCCCCCc2ccccc2CC(C(=O)O)NC1=O. The number of hydrogen-bond donors (Lipinski definition) is 2. The first-order valence-electron chi connectivity index (χ1n) is 8.36. The molecule has 1 aliphatic heterocycles. The van der Waals surface area contributed by atoms with Crippen LogP contribution >= 0.6 is 0 Å². The van der Waals surface area contributed by atoms with E-state index in [1.807, 2.05) is 18.2 Å². The maximum absolute atomic E-state index is 12.1. The van der Waals surface area contributed by atoms with Crippen molar-refractivity contribution in [3.63, 3.8) is 0 Å². The maximum Gasteiger partial charge on any atom is 0.326 e. The minimum atomic E-state index is -1.01. The van der Waals surface area contributed by atoms with E-state index in [0.29, 0.717) is 18.4 Å². The Morgan fingerprint density at radius 1 is 1.04 bits per heavy atom. The molecule has 1 atom stereocenters. The highest BCUT2D eigenvalue weighted by molar-refractivity contribution is 5.95. The second-order valence-corrected chi connectivity index (χ2v) is 6.21. The molecule has 1 unspecified atom stereocenters. The van der Waals surface area contributed by atoms with Gasteiger partial charge in [0.15, 0.2) is 0 Å². The Balaban J connectivity index is 2.21. The Hall–Kier alpha value is -2.10. The van der Waals surface area contributed by atoms with Crippen molar-refractivity contribution in [3.8, 4) is 0 Å². The van der Waals surface area contributed by atoms with E-state index in [2.05, 4.69) is 18.0 Å². The van der Waals surface area contributed by atoms with Crippen LogP contribution in [0.5, 0.6) is 0 Å². The van der Waals surface area contributed by atoms with Crippen LogP contribution in [0.1, 0.15) is 49.7 Å². The molecule has 1 aromatic carbocycles. The summed E-state index contributed by atoms with van der Waals surface area (Å²) in [6.45, 7) is 3.80. The van der Waals surface area contributed by atoms with Crippen LogP contribution in [0.15, 0.2) is 36.4 Å². The molecule has 2 N–H and O–H groups in total. The molecule has 0 radical (unpaired) electrons. The molecule has 1 aromatic rings. The predicted octanol–water partition coefficient (Wildman–Crippen LogP) is 3.25. The van der Waals surface area contributed by atoms with Gasteiger partial charge in [0.2, 0.25) is 5.91 Å². The van der Waals surface area contributed by atoms with E-state index in [0.717, 1.165) is 44.1 Å². The molecule has 0 saturated heterocycles. The van der Waals surface area contributed by atoms with Crippen LogP contribution < -0.4 is 5.32 Å². The number of fused-ring (bicyclic) bond motifs is 1. The van der Waals surface area contributed by atoms with E-state index in [4.69, 9.17) is 0 Å². The second-order valence-electron chi connectivity index (χ2n) is 6.21. The van der Waals surface area contributed by atoms with Crippen LogP contribution in [0, 0.1) is 0 Å². The smallest absolute Gasteiger partial charge is 0.326 e. The lowest BCUT2D eigenvalue weighted by molar-refractivity contribution is -0.141. The fraction of sp³-hybridized carbons (Fsp3) is 0.474. The molecule has 1 heterocycles. The second kappa shape index (κ2) is 8.51. The summed E-state index contributed by atoms with van der Waals surface area (Å²) in [6, 6.07) is 7.00. The zero-order chi connectivity index (χ0) is 16.7. The van der Waals surface area contributed by atoms with Crippen molar-refractivity contribution >= 4 is 11.9 Å². The number of aliphatic carboxylic acids is 1. The summed E-state index contributed by atoms with van der Waals surface area (Å²) in [4.78, 5) is 23.6. The number of hydrogen-bond acceptors (Lipinski definition) is 2. The summed E-state index contributed by atoms with van der Waals surface area (Å²) in [5.74, 6) is -1.35. The van der Waals surface area contributed by atoms with Crippen LogP contribution in [-0.4, -0.2) is 23.0 Å². The van der Waals surface area contributed by atoms with E-state index >= 15 is 0 Å². The molecular formula is C19H25NO3. The van der Waals surface area contributed by atoms with Crippen molar-refractivity contribution in [1.82, 2.24) is 5.32 Å². The van der Waals surface area contributed by atoms with Gasteiger partial charge in [-0.25, -0.2) is 4.79 Å². The number of carboxylic acid groups (broad SMARTS) is 1. The van der Waals surface area contributed by atoms with Crippen molar-refractivity contribution in [2.75, 3.05) is 0 Å². The van der Waals surface area contributed by atoms with Gasteiger partial charge in [-0.3, -0.25) is 4.79 Å². The Morgan fingerprint density at radius 2 is 1.65 bits per heavy atom. The topological polar surface area (TPSA) is 66.4 Å². The Kier molecular flexibility index (Phi) is 6.39. The summed E-state index contributed by atoms with van der Waals surface area (Å²) in [6.07, 6.45) is 7.35. The Bertz CT molecular complexity index is 580. The highest BCUT2D eigenvalue weighted by Crippen LogP contribution is 2.18. The molecule has 0 bridgehead atoms. The third-order valence-corrected chi connectivity index (χ3v) is 4.39. The van der Waals surface area contributed by atoms with Gasteiger partial charge in [-0.2, -0.15) is 0 Å². The van der Waals surface area contributed by atoms with Gasteiger partial charge >= 0.3 is 5.97 Å². The average molecular weight is 315 g/mol. The summed E-state index contributed by atoms with van der Waals surface area (Å²) in [5, 5.41) is 12.1. The van der Waals surface area contributed by atoms with E-state index in [1.54, 1.807) is 0 Å². The van der Waals surface area contributed by atoms with Crippen LogP contribution in [0.3, 0.4) is 0 Å². The lowest BCUT2D eigenvalue weighted by atomic mass is 9.95. The molecule has 0 saturated carbocycles. The van der Waals surface area contributed by atoms with Crippen molar-refractivity contribution in [2.24, 2.45) is 0 Å². The molecule has 0 fully saturated rings. The molecule has 0 spiro atoms. The van der Waals surface area contributed by atoms with Gasteiger partial charge in [-0.05, 0) is 36.8 Å². The van der Waals surface area contributed by atoms with Crippen LogP contribution in [0.4, 0.5) is 0 Å². The highest BCUT2D eigenvalue weighted by atomic mass is 16.4. The first-order chi connectivity index (χ1) is 11.1. The van der Waals surface area contributed by atoms with Gasteiger partial charge in [-0.15, -0.1) is 0 Å². The third kappa shape index (κ3) is 5.23. The lowest BCUT2D eigenvalue weighted by Gasteiger charge is -2.18. The number of carbonyl (C=O) groups is 2. The predicted molar refractivity (Wildman–Crippen MR) is 90.3 cm³/mol. The van der Waals surface area contributed by atoms with Crippen LogP contribution in [-0.2, 0) is 22.4 Å². The Labute approximate surface area is 137 Å². The quantitative estimate of drug-likeness (QED) is 0.782. The van der Waals surface area contributed by atoms with Gasteiger partial charge in [0.25, 0.3) is 0 Å². The van der Waals surface area contributed by atoms with Gasteiger partial charge < -0.3 is 10.4 Å². The monoisotopic (exact) mass is 315 g/mol. The number of carbonyl (C=O) groups excluding carboxylic acids is 1. The van der Waals surface area contributed by atoms with Crippen molar-refractivity contribution in [2.45, 2.75) is 57.4 Å². The average Bonchev–Trinajstić information content (AvgIpc) is 2.53. The first-order valence-corrected chi connectivity index (χ1v) is 8.36. The van der Waals surface area contributed by atoms with Gasteiger partial charge in [-0.1, -0.05) is 50.1 Å². The highest BCUT2D eigenvalue weighted by Gasteiger charge is 2.22. The van der Waals surface area contributed by atoms with Gasteiger partial charge in [0.1, 0.15) is 6.04 Å². The number of rotatable bonds is 1. The van der Waals surface area contributed by atoms with Crippen LogP contribution in [0.25, 0.3) is 0 Å². The van der Waals surface area contributed by atoms with Crippen LogP contribution in [0.2, 0.25) is 0 Å². The molecule has 2 rings (SSSR count). The van der Waals surface area contributed by atoms with E-state index in [9.17, 15) is 14.7 Å². The van der Waals surface area contributed by atoms with Gasteiger partial charge in [0.05, 0.1) is 0 Å². The fourth-order valence-electron chi connectivity index (χ4n) is 2.98. The minimum absolute atomic E-state index is 0.310. The standard InChI is InChI=1S/C19H25NO3/c1-14-9-5-3-2-4-6-10-15-11-7-8-12-16(15)13-17(19(22)23)20-18(14)21/h7-8,11-12,17H,1-6,9-10,13H2,(H,20,21)(H,22,23). The molecule has 0 aromatic heterocycles. The van der Waals surface area contributed by atoms with E-state index in [-0.39, 0.29) is 5.91 Å². The largest absolute Gasteiger partial charge is 0.480 e. The summed E-state index contributed by atoms with van der Waals surface area (Å²) >= 11 is 0. The molecule has 23 heavy (non-hydrogen) atoms. The zero-order valence-electron chi connectivity index (χ0n) is 13.5. The molecule has 1 aliphatic rings. The van der Waals surface area contributed by atoms with Crippen molar-refractivity contribution in [1.29, 1.82) is 0 Å². The molecule has 4 nitrogen and oxygen atoms in total. The van der Waals surface area contributed by atoms with Gasteiger partial charge in [0, 0.05) is 12.0 Å². The van der Waals surface area contributed by atoms with Crippen molar-refractivity contribution < 1.29 is 14.7 Å². The number of nitrogens with one attached hydrogen (secondary N) is 1. The first kappa shape index (κ1) is 17.3. The minimum Gasteiger partial charge on any atom is -0.480 e. The normalized spacial score (nSPS) is 21.0.